The fraction of sp³-hybridized carbons (Fsp3) is 0.273. The summed E-state index contributed by atoms with van der Waals surface area (Å²) < 4.78 is 30.7. The van der Waals surface area contributed by atoms with Crippen molar-refractivity contribution < 1.29 is 27.9 Å². The second-order valence-corrected chi connectivity index (χ2v) is 13.8. The molecule has 218 valence electrons. The van der Waals surface area contributed by atoms with E-state index in [1.807, 2.05) is 68.5 Å². The van der Waals surface area contributed by atoms with E-state index in [-0.39, 0.29) is 42.8 Å². The number of carbonyl (C=O) groups excluding carboxylic acids is 1. The Bertz CT molecular complexity index is 1740. The van der Waals surface area contributed by atoms with Crippen LogP contribution in [0.5, 0.6) is 5.75 Å². The number of aryl methyl sites for hydroxylation is 1. The maximum atomic E-state index is 13.0. The second-order valence-electron chi connectivity index (χ2n) is 10.5. The van der Waals surface area contributed by atoms with Crippen molar-refractivity contribution in [1.82, 2.24) is 4.90 Å². The smallest absolute Gasteiger partial charge is 0.304 e. The zero-order valence-electron chi connectivity index (χ0n) is 23.6. The molecule has 4 aromatic rings. The Morgan fingerprint density at radius 2 is 1.76 bits per heavy atom. The number of hydrogen-bond acceptors (Lipinski definition) is 6. The van der Waals surface area contributed by atoms with Gasteiger partial charge in [-0.25, -0.2) is 8.42 Å². The molecule has 2 heterocycles. The number of carboxylic acid groups (broad SMARTS) is 1. The first-order valence-corrected chi connectivity index (χ1v) is 16.5. The molecule has 1 amide bonds. The summed E-state index contributed by atoms with van der Waals surface area (Å²) in [5.41, 5.74) is 5.63. The van der Waals surface area contributed by atoms with Crippen LogP contribution in [0.25, 0.3) is 21.2 Å². The lowest BCUT2D eigenvalue weighted by atomic mass is 9.95. The number of ether oxygens (including phenoxy) is 1. The van der Waals surface area contributed by atoms with E-state index in [0.717, 1.165) is 37.9 Å². The van der Waals surface area contributed by atoms with Crippen molar-refractivity contribution in [2.75, 3.05) is 24.6 Å². The minimum absolute atomic E-state index is 0.0118. The Morgan fingerprint density at radius 1 is 1.02 bits per heavy atom. The highest BCUT2D eigenvalue weighted by molar-refractivity contribution is 7.91. The maximum absolute atomic E-state index is 13.0. The lowest BCUT2D eigenvalue weighted by Gasteiger charge is -2.27. The van der Waals surface area contributed by atoms with Crippen LogP contribution in [0.4, 0.5) is 0 Å². The zero-order chi connectivity index (χ0) is 29.9. The van der Waals surface area contributed by atoms with E-state index in [1.54, 1.807) is 16.2 Å². The molecule has 0 spiro atoms. The van der Waals surface area contributed by atoms with Crippen LogP contribution in [0.15, 0.2) is 78.2 Å². The summed E-state index contributed by atoms with van der Waals surface area (Å²) in [5, 5.41) is 12.5. The van der Waals surface area contributed by atoms with Gasteiger partial charge in [-0.3, -0.25) is 9.59 Å². The Hall–Kier alpha value is -3.95. The van der Waals surface area contributed by atoms with Gasteiger partial charge in [0.15, 0.2) is 9.84 Å². The largest absolute Gasteiger partial charge is 0.489 e. The van der Waals surface area contributed by atoms with E-state index in [2.05, 4.69) is 23.6 Å². The number of carboxylic acids is 1. The second kappa shape index (κ2) is 12.5. The average Bonchev–Trinajstić information content (AvgIpc) is 3.38. The Labute approximate surface area is 250 Å². The number of carbonyl (C=O) groups is 2. The summed E-state index contributed by atoms with van der Waals surface area (Å²) in [4.78, 5) is 25.9. The quantitative estimate of drug-likeness (QED) is 0.220. The van der Waals surface area contributed by atoms with Gasteiger partial charge in [0, 0.05) is 40.2 Å². The molecule has 1 fully saturated rings. The highest BCUT2D eigenvalue weighted by Gasteiger charge is 2.26. The van der Waals surface area contributed by atoms with Crippen LogP contribution < -0.4 is 4.74 Å². The van der Waals surface area contributed by atoms with E-state index in [1.165, 1.54) is 0 Å². The van der Waals surface area contributed by atoms with Crippen LogP contribution in [0.3, 0.4) is 0 Å². The third-order valence-corrected chi connectivity index (χ3v) is 10.1. The number of benzene rings is 3. The Kier molecular flexibility index (Phi) is 8.80. The van der Waals surface area contributed by atoms with Crippen molar-refractivity contribution in [3.63, 3.8) is 0 Å². The fourth-order valence-corrected chi connectivity index (χ4v) is 7.41. The van der Waals surface area contributed by atoms with E-state index in [0.29, 0.717) is 17.9 Å². The SMILES string of the molecule is CC=CC(CC(=O)O)c1ccc(OCc2ccc3scc(-c4ccc(C(=O)N5CCS(=O)(=O)CC5)cc4C)c3c2)cc1. The molecule has 3 aromatic carbocycles. The summed E-state index contributed by atoms with van der Waals surface area (Å²) in [6, 6.07) is 19.5. The maximum Gasteiger partial charge on any atom is 0.304 e. The molecule has 42 heavy (non-hydrogen) atoms. The van der Waals surface area contributed by atoms with Gasteiger partial charge in [-0.1, -0.05) is 36.4 Å². The van der Waals surface area contributed by atoms with Crippen molar-refractivity contribution in [3.05, 3.63) is 100 Å². The summed E-state index contributed by atoms with van der Waals surface area (Å²) in [6.07, 6.45) is 3.80. The Morgan fingerprint density at radius 3 is 2.43 bits per heavy atom. The molecule has 1 unspecified atom stereocenters. The summed E-state index contributed by atoms with van der Waals surface area (Å²) in [7, 11) is -3.05. The number of allylic oxidation sites excluding steroid dienone is 2. The van der Waals surface area contributed by atoms with E-state index >= 15 is 0 Å². The zero-order valence-corrected chi connectivity index (χ0v) is 25.2. The number of thiophene rings is 1. The van der Waals surface area contributed by atoms with Crippen molar-refractivity contribution in [2.45, 2.75) is 32.8 Å². The monoisotopic (exact) mass is 603 g/mol. The molecule has 0 radical (unpaired) electrons. The molecule has 0 aliphatic carbocycles. The van der Waals surface area contributed by atoms with Gasteiger partial charge in [0.25, 0.3) is 5.91 Å². The fourth-order valence-electron chi connectivity index (χ4n) is 5.27. The number of hydrogen-bond donors (Lipinski definition) is 1. The number of aliphatic carboxylic acids is 1. The minimum Gasteiger partial charge on any atom is -0.489 e. The lowest BCUT2D eigenvalue weighted by Crippen LogP contribution is -2.43. The van der Waals surface area contributed by atoms with Crippen LogP contribution >= 0.6 is 11.3 Å². The molecule has 0 saturated carbocycles. The normalized spacial score (nSPS) is 15.6. The average molecular weight is 604 g/mol. The highest BCUT2D eigenvalue weighted by atomic mass is 32.2. The first-order valence-electron chi connectivity index (χ1n) is 13.8. The molecule has 1 aromatic heterocycles. The van der Waals surface area contributed by atoms with Crippen molar-refractivity contribution in [2.24, 2.45) is 0 Å². The standard InChI is InChI=1S/C33H33NO6S2/c1-3-4-25(19-32(35)36)24-6-9-27(10-7-24)40-20-23-5-12-31-29(18-23)30(21-41-31)28-11-8-26(17-22(28)2)33(37)34-13-15-42(38,39)16-14-34/h3-12,17-18,21,25H,13-16,19-20H2,1-2H3,(H,35,36). The molecule has 5 rings (SSSR count). The third kappa shape index (κ3) is 6.74. The van der Waals surface area contributed by atoms with Crippen LogP contribution in [0.1, 0.15) is 46.3 Å². The predicted molar refractivity (Wildman–Crippen MR) is 167 cm³/mol. The molecule has 1 saturated heterocycles. The third-order valence-electron chi connectivity index (χ3n) is 7.57. The first-order chi connectivity index (χ1) is 20.1. The Balaban J connectivity index is 1.30. The van der Waals surface area contributed by atoms with Crippen molar-refractivity contribution >= 4 is 43.1 Å². The van der Waals surface area contributed by atoms with E-state index < -0.39 is 15.8 Å². The number of fused-ring (bicyclic) bond motifs is 1. The predicted octanol–water partition coefficient (Wildman–Crippen LogP) is 6.46. The van der Waals surface area contributed by atoms with Gasteiger partial charge < -0.3 is 14.7 Å². The molecule has 7 nitrogen and oxygen atoms in total. The van der Waals surface area contributed by atoms with Crippen molar-refractivity contribution in [1.29, 1.82) is 0 Å². The number of amides is 1. The molecule has 1 aliphatic rings. The van der Waals surface area contributed by atoms with Crippen LogP contribution in [0, 0.1) is 6.92 Å². The molecule has 1 atom stereocenters. The van der Waals surface area contributed by atoms with Gasteiger partial charge in [0.2, 0.25) is 0 Å². The van der Waals surface area contributed by atoms with E-state index in [9.17, 15) is 23.1 Å². The molecule has 1 N–H and O–H groups in total. The molecular formula is C33H33NO6S2. The summed E-state index contributed by atoms with van der Waals surface area (Å²) >= 11 is 1.67. The van der Waals surface area contributed by atoms with Gasteiger partial charge in [0.05, 0.1) is 17.9 Å². The van der Waals surface area contributed by atoms with Crippen molar-refractivity contribution in [3.8, 4) is 16.9 Å². The topological polar surface area (TPSA) is 101 Å². The van der Waals surface area contributed by atoms with Gasteiger partial charge >= 0.3 is 5.97 Å². The van der Waals surface area contributed by atoms with Crippen LogP contribution in [-0.4, -0.2) is 54.9 Å². The number of rotatable bonds is 9. The van der Waals surface area contributed by atoms with Gasteiger partial charge in [-0.2, -0.15) is 0 Å². The molecule has 0 bridgehead atoms. The van der Waals surface area contributed by atoms with Crippen LogP contribution in [0.2, 0.25) is 0 Å². The highest BCUT2D eigenvalue weighted by Crippen LogP contribution is 2.37. The number of sulfone groups is 1. The summed E-state index contributed by atoms with van der Waals surface area (Å²) in [5.74, 6) is -0.420. The molecule has 9 heteroatoms. The minimum atomic E-state index is -3.05. The lowest BCUT2D eigenvalue weighted by molar-refractivity contribution is -0.137. The van der Waals surface area contributed by atoms with Gasteiger partial charge in [-0.05, 0) is 77.9 Å². The van der Waals surface area contributed by atoms with E-state index in [4.69, 9.17) is 4.74 Å². The number of nitrogens with zero attached hydrogens (tertiary/aromatic N) is 1. The molecular weight excluding hydrogens is 570 g/mol. The van der Waals surface area contributed by atoms with Crippen LogP contribution in [-0.2, 0) is 21.2 Å². The first kappa shape index (κ1) is 29.5. The van der Waals surface area contributed by atoms with Gasteiger partial charge in [-0.15, -0.1) is 11.3 Å². The molecule has 1 aliphatic heterocycles. The van der Waals surface area contributed by atoms with Gasteiger partial charge in [0.1, 0.15) is 12.4 Å². The summed E-state index contributed by atoms with van der Waals surface area (Å²) in [6.45, 7) is 4.72.